The van der Waals surface area contributed by atoms with Gasteiger partial charge in [0.2, 0.25) is 0 Å². The summed E-state index contributed by atoms with van der Waals surface area (Å²) in [6.45, 7) is 2.37. The molecule has 116 valence electrons. The Hall–Kier alpha value is -1.66. The third-order valence-corrected chi connectivity index (χ3v) is 5.04. The number of amides is 1. The molecular formula is C16H18N2O3S. The number of carbonyl (C=O) groups excluding carboxylic acids is 1. The second kappa shape index (κ2) is 5.85. The molecule has 0 aromatic carbocycles. The molecule has 5 nitrogen and oxygen atoms in total. The van der Waals surface area contributed by atoms with Crippen molar-refractivity contribution in [2.45, 2.75) is 25.3 Å². The SMILES string of the molecule is O=C(c1csc(-c2ccco2)n1)N(CC1CCOC1)C1CC1. The van der Waals surface area contributed by atoms with Crippen LogP contribution in [0.15, 0.2) is 28.2 Å². The van der Waals surface area contributed by atoms with Gasteiger partial charge in [-0.05, 0) is 31.4 Å². The average Bonchev–Trinajstić information content (AvgIpc) is 3.01. The molecule has 6 heteroatoms. The predicted octanol–water partition coefficient (Wildman–Crippen LogP) is 3.04. The lowest BCUT2D eigenvalue weighted by atomic mass is 10.1. The molecule has 2 aromatic rings. The van der Waals surface area contributed by atoms with Crippen LogP contribution in [0.4, 0.5) is 0 Å². The summed E-state index contributed by atoms with van der Waals surface area (Å²) < 4.78 is 10.8. The van der Waals surface area contributed by atoms with Crippen LogP contribution in [0, 0.1) is 5.92 Å². The molecule has 4 rings (SSSR count). The average molecular weight is 318 g/mol. The summed E-state index contributed by atoms with van der Waals surface area (Å²) in [7, 11) is 0. The smallest absolute Gasteiger partial charge is 0.273 e. The molecule has 3 heterocycles. The summed E-state index contributed by atoms with van der Waals surface area (Å²) in [5.41, 5.74) is 0.530. The van der Waals surface area contributed by atoms with Gasteiger partial charge in [0.05, 0.1) is 12.9 Å². The fraction of sp³-hybridized carbons (Fsp3) is 0.500. The highest BCUT2D eigenvalue weighted by Crippen LogP contribution is 2.31. The molecule has 1 saturated carbocycles. The van der Waals surface area contributed by atoms with Gasteiger partial charge in [0, 0.05) is 30.5 Å². The van der Waals surface area contributed by atoms with E-state index in [0.717, 1.165) is 44.0 Å². The number of thiazole rings is 1. The lowest BCUT2D eigenvalue weighted by Crippen LogP contribution is -2.37. The summed E-state index contributed by atoms with van der Waals surface area (Å²) in [5.74, 6) is 1.22. The van der Waals surface area contributed by atoms with Crippen molar-refractivity contribution in [3.05, 3.63) is 29.5 Å². The first kappa shape index (κ1) is 14.0. The van der Waals surface area contributed by atoms with Gasteiger partial charge in [0.15, 0.2) is 10.8 Å². The van der Waals surface area contributed by atoms with Gasteiger partial charge in [-0.25, -0.2) is 4.98 Å². The highest BCUT2D eigenvalue weighted by molar-refractivity contribution is 7.13. The number of nitrogens with zero attached hydrogens (tertiary/aromatic N) is 2. The third-order valence-electron chi connectivity index (χ3n) is 4.18. The van der Waals surface area contributed by atoms with E-state index in [0.29, 0.717) is 23.4 Å². The first-order valence-electron chi connectivity index (χ1n) is 7.69. The van der Waals surface area contributed by atoms with E-state index in [1.54, 1.807) is 6.26 Å². The lowest BCUT2D eigenvalue weighted by Gasteiger charge is -2.24. The maximum absolute atomic E-state index is 12.8. The zero-order chi connectivity index (χ0) is 14.9. The van der Waals surface area contributed by atoms with Gasteiger partial charge in [0.25, 0.3) is 5.91 Å². The van der Waals surface area contributed by atoms with Crippen LogP contribution < -0.4 is 0 Å². The van der Waals surface area contributed by atoms with Gasteiger partial charge in [-0.3, -0.25) is 4.79 Å². The van der Waals surface area contributed by atoms with Crippen molar-refractivity contribution in [1.82, 2.24) is 9.88 Å². The lowest BCUT2D eigenvalue weighted by molar-refractivity contribution is 0.0701. The summed E-state index contributed by atoms with van der Waals surface area (Å²) in [4.78, 5) is 19.3. The number of hydrogen-bond donors (Lipinski definition) is 0. The Morgan fingerprint density at radius 3 is 3.00 bits per heavy atom. The summed E-state index contributed by atoms with van der Waals surface area (Å²) >= 11 is 1.45. The van der Waals surface area contributed by atoms with Crippen molar-refractivity contribution in [2.75, 3.05) is 19.8 Å². The number of aromatic nitrogens is 1. The number of hydrogen-bond acceptors (Lipinski definition) is 5. The highest BCUT2D eigenvalue weighted by atomic mass is 32.1. The van der Waals surface area contributed by atoms with Crippen molar-refractivity contribution in [1.29, 1.82) is 0 Å². The topological polar surface area (TPSA) is 55.6 Å². The fourth-order valence-electron chi connectivity index (χ4n) is 2.82. The van der Waals surface area contributed by atoms with E-state index in [2.05, 4.69) is 4.98 Å². The molecule has 1 unspecified atom stereocenters. The van der Waals surface area contributed by atoms with Crippen LogP contribution in [0.25, 0.3) is 10.8 Å². The molecule has 22 heavy (non-hydrogen) atoms. The molecule has 2 fully saturated rings. The largest absolute Gasteiger partial charge is 0.462 e. The summed E-state index contributed by atoms with van der Waals surface area (Å²) in [5, 5.41) is 2.59. The zero-order valence-electron chi connectivity index (χ0n) is 12.2. The van der Waals surface area contributed by atoms with Gasteiger partial charge in [-0.2, -0.15) is 0 Å². The first-order chi connectivity index (χ1) is 10.8. The maximum Gasteiger partial charge on any atom is 0.273 e. The molecule has 0 N–H and O–H groups in total. The Kier molecular flexibility index (Phi) is 3.72. The van der Waals surface area contributed by atoms with E-state index in [1.807, 2.05) is 22.4 Å². The Morgan fingerprint density at radius 2 is 2.32 bits per heavy atom. The maximum atomic E-state index is 12.8. The van der Waals surface area contributed by atoms with Crippen molar-refractivity contribution >= 4 is 17.2 Å². The Morgan fingerprint density at radius 1 is 1.41 bits per heavy atom. The molecule has 1 aliphatic heterocycles. The van der Waals surface area contributed by atoms with E-state index >= 15 is 0 Å². The Bertz CT molecular complexity index is 642. The monoisotopic (exact) mass is 318 g/mol. The molecule has 1 aliphatic carbocycles. The Balaban J connectivity index is 1.51. The van der Waals surface area contributed by atoms with E-state index in [-0.39, 0.29) is 5.91 Å². The van der Waals surface area contributed by atoms with Crippen molar-refractivity contribution in [3.63, 3.8) is 0 Å². The molecule has 2 aliphatic rings. The number of ether oxygens (including phenoxy) is 1. The normalized spacial score (nSPS) is 21.2. The van der Waals surface area contributed by atoms with Crippen molar-refractivity contribution in [3.8, 4) is 10.8 Å². The van der Waals surface area contributed by atoms with E-state index in [9.17, 15) is 4.79 Å². The zero-order valence-corrected chi connectivity index (χ0v) is 13.1. The number of rotatable bonds is 5. The van der Waals surface area contributed by atoms with Crippen LogP contribution in [0.5, 0.6) is 0 Å². The predicted molar refractivity (Wildman–Crippen MR) is 82.8 cm³/mol. The van der Waals surface area contributed by atoms with Crippen LogP contribution in [0.1, 0.15) is 29.8 Å². The molecule has 2 aromatic heterocycles. The molecular weight excluding hydrogens is 300 g/mol. The molecule has 1 amide bonds. The second-order valence-corrected chi connectivity index (χ2v) is 6.79. The van der Waals surface area contributed by atoms with E-state index < -0.39 is 0 Å². The van der Waals surface area contributed by atoms with Crippen LogP contribution in [-0.4, -0.2) is 41.6 Å². The summed E-state index contributed by atoms with van der Waals surface area (Å²) in [6, 6.07) is 4.08. The van der Waals surface area contributed by atoms with Crippen LogP contribution >= 0.6 is 11.3 Å². The van der Waals surface area contributed by atoms with Gasteiger partial charge in [-0.1, -0.05) is 0 Å². The second-order valence-electron chi connectivity index (χ2n) is 5.93. The standard InChI is InChI=1S/C16H18N2O3S/c19-16(13-10-22-15(17-13)14-2-1-6-21-14)18(12-3-4-12)8-11-5-7-20-9-11/h1-2,6,10-12H,3-5,7-9H2. The molecule has 0 bridgehead atoms. The minimum Gasteiger partial charge on any atom is -0.462 e. The van der Waals surface area contributed by atoms with Gasteiger partial charge < -0.3 is 14.1 Å². The van der Waals surface area contributed by atoms with Crippen molar-refractivity contribution < 1.29 is 13.9 Å². The number of furan rings is 1. The number of carbonyl (C=O) groups is 1. The minimum absolute atomic E-state index is 0.0449. The molecule has 0 radical (unpaired) electrons. The fourth-order valence-corrected chi connectivity index (χ4v) is 3.58. The van der Waals surface area contributed by atoms with E-state index in [4.69, 9.17) is 9.15 Å². The van der Waals surface area contributed by atoms with Crippen LogP contribution in [0.3, 0.4) is 0 Å². The first-order valence-corrected chi connectivity index (χ1v) is 8.57. The third kappa shape index (κ3) is 2.80. The van der Waals surface area contributed by atoms with Crippen molar-refractivity contribution in [2.24, 2.45) is 5.92 Å². The van der Waals surface area contributed by atoms with Gasteiger partial charge in [-0.15, -0.1) is 11.3 Å². The van der Waals surface area contributed by atoms with Gasteiger partial charge in [0.1, 0.15) is 5.69 Å². The molecule has 1 saturated heterocycles. The molecule has 0 spiro atoms. The Labute approximate surface area is 132 Å². The quantitative estimate of drug-likeness (QED) is 0.850. The molecule has 1 atom stereocenters. The minimum atomic E-state index is 0.0449. The highest BCUT2D eigenvalue weighted by Gasteiger charge is 2.36. The van der Waals surface area contributed by atoms with Crippen LogP contribution in [0.2, 0.25) is 0 Å². The van der Waals surface area contributed by atoms with E-state index in [1.165, 1.54) is 11.3 Å². The van der Waals surface area contributed by atoms with Crippen LogP contribution in [-0.2, 0) is 4.74 Å². The van der Waals surface area contributed by atoms with Gasteiger partial charge >= 0.3 is 0 Å². The summed E-state index contributed by atoms with van der Waals surface area (Å²) in [6.07, 6.45) is 4.88.